The number of aliphatic hydroxyl groups excluding tert-OH is 1. The van der Waals surface area contributed by atoms with Crippen molar-refractivity contribution in [3.8, 4) is 0 Å². The van der Waals surface area contributed by atoms with E-state index in [-0.39, 0.29) is 6.61 Å². The predicted molar refractivity (Wildman–Crippen MR) is 132 cm³/mol. The van der Waals surface area contributed by atoms with E-state index in [1.807, 2.05) is 27.7 Å². The number of carbonyl (C=O) groups excluding carboxylic acids is 4. The Kier molecular flexibility index (Phi) is 6.26. The van der Waals surface area contributed by atoms with Gasteiger partial charge in [0.05, 0.1) is 12.7 Å². The molecule has 2 heterocycles. The Morgan fingerprint density at radius 3 is 1.87 bits per heavy atom. The summed E-state index contributed by atoms with van der Waals surface area (Å²) in [6.45, 7) is 13.1. The van der Waals surface area contributed by atoms with Gasteiger partial charge in [-0.3, -0.25) is 19.2 Å². The molecule has 0 aromatic heterocycles. The third-order valence-electron chi connectivity index (χ3n) is 10.5. The van der Waals surface area contributed by atoms with Gasteiger partial charge in [0.25, 0.3) is 0 Å². The molecule has 11 atom stereocenters. The number of esters is 4. The monoisotopic (exact) mass is 552 g/mol. The second-order valence-corrected chi connectivity index (χ2v) is 13.0. The van der Waals surface area contributed by atoms with E-state index in [9.17, 15) is 24.3 Å². The van der Waals surface area contributed by atoms with Gasteiger partial charge in [0.2, 0.25) is 0 Å². The minimum Gasteiger partial charge on any atom is -0.462 e. The van der Waals surface area contributed by atoms with Gasteiger partial charge in [-0.1, -0.05) is 20.8 Å². The van der Waals surface area contributed by atoms with Crippen molar-refractivity contribution < 1.29 is 52.7 Å². The Balaban J connectivity index is 1.81. The summed E-state index contributed by atoms with van der Waals surface area (Å²) in [5.41, 5.74) is -5.19. The number of carbonyl (C=O) groups is 4. The highest BCUT2D eigenvalue weighted by Crippen LogP contribution is 2.75. The van der Waals surface area contributed by atoms with E-state index in [0.717, 1.165) is 0 Å². The average Bonchev–Trinajstić information content (AvgIpc) is 3.70. The zero-order valence-electron chi connectivity index (χ0n) is 23.9. The molecule has 11 heteroatoms. The SMILES string of the molecule is CC(=O)O[C@@H]1[C@@H]2C[C@H](OC(C)=O)[C@@]3(C)O[C@@]3([C@@H](OC(C)=O)[C@H](OC(C)=O)[C@]3(C)CC[C@H](O)[C@]4(CO4)[C@@H]13)C2(C)C. The molecule has 0 aromatic carbocycles. The van der Waals surface area contributed by atoms with Crippen molar-refractivity contribution >= 4 is 23.9 Å². The number of epoxide rings is 2. The van der Waals surface area contributed by atoms with Crippen molar-refractivity contribution in [3.05, 3.63) is 0 Å². The maximum Gasteiger partial charge on any atom is 0.303 e. The first kappa shape index (κ1) is 28.3. The van der Waals surface area contributed by atoms with Crippen LogP contribution in [0.4, 0.5) is 0 Å². The summed E-state index contributed by atoms with van der Waals surface area (Å²) in [4.78, 5) is 50.2. The van der Waals surface area contributed by atoms with E-state index in [4.69, 9.17) is 28.4 Å². The maximum atomic E-state index is 12.7. The molecule has 3 aliphatic carbocycles. The van der Waals surface area contributed by atoms with Gasteiger partial charge in [0, 0.05) is 50.4 Å². The van der Waals surface area contributed by atoms with E-state index in [1.165, 1.54) is 27.7 Å². The highest BCUT2D eigenvalue weighted by atomic mass is 16.7. The molecule has 11 nitrogen and oxygen atoms in total. The van der Waals surface area contributed by atoms with Crippen molar-refractivity contribution in [2.75, 3.05) is 6.61 Å². The van der Waals surface area contributed by atoms with Crippen LogP contribution in [0, 0.1) is 22.7 Å². The van der Waals surface area contributed by atoms with Gasteiger partial charge in [0.15, 0.2) is 6.10 Å². The molecule has 2 aliphatic heterocycles. The van der Waals surface area contributed by atoms with Crippen LogP contribution in [0.3, 0.4) is 0 Å². The van der Waals surface area contributed by atoms with E-state index < -0.39 is 93.9 Å². The highest BCUT2D eigenvalue weighted by molar-refractivity contribution is 5.69. The minimum absolute atomic E-state index is 0.233. The highest BCUT2D eigenvalue weighted by Gasteiger charge is 2.89. The summed E-state index contributed by atoms with van der Waals surface area (Å²) in [5.74, 6) is -3.30. The zero-order valence-corrected chi connectivity index (χ0v) is 23.9. The number of aliphatic hydroxyl groups is 1. The third kappa shape index (κ3) is 3.71. The fraction of sp³-hybridized carbons (Fsp3) is 0.857. The topological polar surface area (TPSA) is 150 Å². The van der Waals surface area contributed by atoms with Crippen LogP contribution >= 0.6 is 0 Å². The van der Waals surface area contributed by atoms with E-state index in [2.05, 4.69) is 0 Å². The molecule has 218 valence electrons. The van der Waals surface area contributed by atoms with Gasteiger partial charge in [-0.25, -0.2) is 0 Å². The number of rotatable bonds is 4. The van der Waals surface area contributed by atoms with Gasteiger partial charge in [-0.2, -0.15) is 0 Å². The lowest BCUT2D eigenvalue weighted by atomic mass is 9.45. The lowest BCUT2D eigenvalue weighted by molar-refractivity contribution is -0.254. The number of hydrogen-bond acceptors (Lipinski definition) is 11. The van der Waals surface area contributed by atoms with Crippen molar-refractivity contribution in [2.45, 2.75) is 122 Å². The van der Waals surface area contributed by atoms with Crippen LogP contribution in [0.5, 0.6) is 0 Å². The Labute approximate surface area is 228 Å². The molecule has 5 fully saturated rings. The summed E-state index contributed by atoms with van der Waals surface area (Å²) in [7, 11) is 0. The van der Waals surface area contributed by atoms with Gasteiger partial charge >= 0.3 is 23.9 Å². The first-order valence-electron chi connectivity index (χ1n) is 13.7. The number of fused-ring (bicyclic) bond motifs is 3. The van der Waals surface area contributed by atoms with Crippen LogP contribution in [0.1, 0.15) is 74.7 Å². The molecule has 0 amide bonds. The second kappa shape index (κ2) is 8.63. The van der Waals surface area contributed by atoms with E-state index >= 15 is 0 Å². The van der Waals surface area contributed by atoms with Gasteiger partial charge in [-0.05, 0) is 26.2 Å². The molecule has 3 saturated carbocycles. The Morgan fingerprint density at radius 2 is 1.36 bits per heavy atom. The molecule has 0 radical (unpaired) electrons. The average molecular weight is 553 g/mol. The molecule has 2 bridgehead atoms. The Hall–Kier alpha value is -2.24. The fourth-order valence-corrected chi connectivity index (χ4v) is 8.90. The smallest absolute Gasteiger partial charge is 0.303 e. The summed E-state index contributed by atoms with van der Waals surface area (Å²) in [6.07, 6.45) is -3.54. The molecule has 1 N–H and O–H groups in total. The van der Waals surface area contributed by atoms with E-state index in [1.54, 1.807) is 0 Å². The van der Waals surface area contributed by atoms with Crippen LogP contribution < -0.4 is 0 Å². The normalized spacial score (nSPS) is 48.8. The summed E-state index contributed by atoms with van der Waals surface area (Å²) < 4.78 is 36.7. The fourth-order valence-electron chi connectivity index (χ4n) is 8.90. The maximum absolute atomic E-state index is 12.7. The molecule has 5 rings (SSSR count). The zero-order chi connectivity index (χ0) is 28.9. The Morgan fingerprint density at radius 1 is 0.821 bits per heavy atom. The molecular weight excluding hydrogens is 512 g/mol. The summed E-state index contributed by atoms with van der Waals surface area (Å²) in [6, 6.07) is 0. The molecule has 39 heavy (non-hydrogen) atoms. The molecule has 0 unspecified atom stereocenters. The largest absolute Gasteiger partial charge is 0.462 e. The van der Waals surface area contributed by atoms with Crippen LogP contribution in [0.2, 0.25) is 0 Å². The molecule has 0 aromatic rings. The van der Waals surface area contributed by atoms with Crippen molar-refractivity contribution in [2.24, 2.45) is 22.7 Å². The second-order valence-electron chi connectivity index (χ2n) is 13.0. The van der Waals surface area contributed by atoms with Crippen LogP contribution in [0.25, 0.3) is 0 Å². The summed E-state index contributed by atoms with van der Waals surface area (Å²) >= 11 is 0. The van der Waals surface area contributed by atoms with Crippen molar-refractivity contribution in [3.63, 3.8) is 0 Å². The molecule has 5 aliphatic rings. The van der Waals surface area contributed by atoms with Gasteiger partial charge < -0.3 is 33.5 Å². The lowest BCUT2D eigenvalue weighted by Crippen LogP contribution is -2.74. The van der Waals surface area contributed by atoms with Crippen LogP contribution in [-0.2, 0) is 47.6 Å². The number of hydrogen-bond donors (Lipinski definition) is 1. The van der Waals surface area contributed by atoms with Gasteiger partial charge in [0.1, 0.15) is 35.1 Å². The predicted octanol–water partition coefficient (Wildman–Crippen LogP) is 1.85. The molecule has 2 saturated heterocycles. The van der Waals surface area contributed by atoms with Crippen LogP contribution in [-0.4, -0.2) is 82.9 Å². The number of ether oxygens (including phenoxy) is 6. The minimum atomic E-state index is -1.26. The van der Waals surface area contributed by atoms with Crippen molar-refractivity contribution in [1.29, 1.82) is 0 Å². The Bertz CT molecular complexity index is 1100. The molecular formula is C28H40O11. The quantitative estimate of drug-likeness (QED) is 0.309. The first-order valence-corrected chi connectivity index (χ1v) is 13.7. The standard InChI is InChI=1S/C28H40O11/c1-13(29)35-19-11-17-20(36-14(2)30)21-25(7,10-9-18(33)27(21)12-34-27)22(37-15(3)31)23(38-16(4)32)28(24(17,5)6)26(19,8)39-28/h17-23,33H,9-12H2,1-8H3/t17-,18-,19-,20+,21-,22-,23-,25+,26+,27+,28-/m0/s1. The van der Waals surface area contributed by atoms with E-state index in [0.29, 0.717) is 19.3 Å². The first-order chi connectivity index (χ1) is 18.0. The third-order valence-corrected chi connectivity index (χ3v) is 10.5. The van der Waals surface area contributed by atoms with Gasteiger partial charge in [-0.15, -0.1) is 0 Å². The molecule has 2 spiro atoms. The summed E-state index contributed by atoms with van der Waals surface area (Å²) in [5, 5.41) is 11.2. The van der Waals surface area contributed by atoms with Crippen LogP contribution in [0.15, 0.2) is 0 Å². The lowest BCUT2D eigenvalue weighted by Gasteiger charge is -2.62. The van der Waals surface area contributed by atoms with Crippen molar-refractivity contribution in [1.82, 2.24) is 0 Å².